The van der Waals surface area contributed by atoms with E-state index in [0.717, 1.165) is 5.82 Å². The third-order valence-corrected chi connectivity index (χ3v) is 2.39. The minimum Gasteiger partial charge on any atom is -0.480 e. The number of hydrogen-bond acceptors (Lipinski definition) is 4. The molecule has 0 radical (unpaired) electrons. The Hall–Kier alpha value is -2.15. The molecule has 3 N–H and O–H groups in total. The van der Waals surface area contributed by atoms with Gasteiger partial charge in [0.2, 0.25) is 0 Å². The van der Waals surface area contributed by atoms with Gasteiger partial charge in [-0.3, -0.25) is 4.79 Å². The zero-order valence-electron chi connectivity index (χ0n) is 9.32. The molecule has 2 rings (SSSR count). The fourth-order valence-electron chi connectivity index (χ4n) is 1.55. The van der Waals surface area contributed by atoms with E-state index >= 15 is 0 Å². The Balaban J connectivity index is 2.22. The summed E-state index contributed by atoms with van der Waals surface area (Å²) < 4.78 is 3.52. The zero-order valence-corrected chi connectivity index (χ0v) is 9.32. The van der Waals surface area contributed by atoms with Gasteiger partial charge in [-0.05, 0) is 6.92 Å². The lowest BCUT2D eigenvalue weighted by Crippen LogP contribution is -2.32. The van der Waals surface area contributed by atoms with Crippen molar-refractivity contribution in [1.82, 2.24) is 19.3 Å². The molecule has 1 atom stereocenters. The second kappa shape index (κ2) is 4.38. The van der Waals surface area contributed by atoms with Crippen LogP contribution < -0.4 is 5.73 Å². The molecule has 2 aromatic heterocycles. The van der Waals surface area contributed by atoms with E-state index in [2.05, 4.69) is 9.97 Å². The number of aliphatic carboxylic acids is 1. The molecule has 2 heterocycles. The third-order valence-electron chi connectivity index (χ3n) is 2.39. The van der Waals surface area contributed by atoms with Crippen molar-refractivity contribution in [2.45, 2.75) is 19.4 Å². The van der Waals surface area contributed by atoms with Crippen molar-refractivity contribution in [1.29, 1.82) is 0 Å². The predicted molar refractivity (Wildman–Crippen MR) is 59.3 cm³/mol. The second-order valence-corrected chi connectivity index (χ2v) is 3.72. The molecule has 2 aromatic rings. The van der Waals surface area contributed by atoms with Crippen LogP contribution in [-0.2, 0) is 11.2 Å². The summed E-state index contributed by atoms with van der Waals surface area (Å²) in [6.45, 7) is 1.83. The van der Waals surface area contributed by atoms with E-state index < -0.39 is 12.0 Å². The summed E-state index contributed by atoms with van der Waals surface area (Å²) in [5.74, 6) is -0.282. The number of hydrogen-bond donors (Lipinski definition) is 2. The SMILES string of the molecule is Cc1nc(CC(N)C(=O)O)cn1-n1ccnc1. The number of carbonyl (C=O) groups is 1. The Bertz CT molecular complexity index is 517. The first-order chi connectivity index (χ1) is 8.08. The summed E-state index contributed by atoms with van der Waals surface area (Å²) in [6.07, 6.45) is 7.02. The van der Waals surface area contributed by atoms with Gasteiger partial charge in [-0.15, -0.1) is 0 Å². The number of nitrogens with zero attached hydrogens (tertiary/aromatic N) is 4. The van der Waals surface area contributed by atoms with Crippen molar-refractivity contribution < 1.29 is 9.90 Å². The largest absolute Gasteiger partial charge is 0.480 e. The monoisotopic (exact) mass is 235 g/mol. The fourth-order valence-corrected chi connectivity index (χ4v) is 1.55. The van der Waals surface area contributed by atoms with Gasteiger partial charge >= 0.3 is 5.97 Å². The standard InChI is InChI=1S/C10H13N5O2/c1-7-13-8(4-9(11)10(16)17)5-15(7)14-3-2-12-6-14/h2-3,5-6,9H,4,11H2,1H3,(H,16,17). The Kier molecular flexibility index (Phi) is 2.92. The van der Waals surface area contributed by atoms with Crippen LogP contribution in [0.2, 0.25) is 0 Å². The zero-order chi connectivity index (χ0) is 12.4. The number of nitrogens with two attached hydrogens (primary N) is 1. The summed E-state index contributed by atoms with van der Waals surface area (Å²) in [5.41, 5.74) is 6.10. The fraction of sp³-hybridized carbons (Fsp3) is 0.300. The van der Waals surface area contributed by atoms with E-state index in [1.54, 1.807) is 34.3 Å². The van der Waals surface area contributed by atoms with Crippen molar-refractivity contribution in [3.05, 3.63) is 36.4 Å². The first-order valence-electron chi connectivity index (χ1n) is 5.10. The Morgan fingerprint density at radius 2 is 2.41 bits per heavy atom. The minimum atomic E-state index is -1.03. The van der Waals surface area contributed by atoms with Gasteiger partial charge < -0.3 is 10.8 Å². The second-order valence-electron chi connectivity index (χ2n) is 3.72. The molecule has 0 aliphatic rings. The molecule has 0 bridgehead atoms. The average molecular weight is 235 g/mol. The lowest BCUT2D eigenvalue weighted by molar-refractivity contribution is -0.138. The van der Waals surface area contributed by atoms with Crippen LogP contribution >= 0.6 is 0 Å². The van der Waals surface area contributed by atoms with E-state index in [1.807, 2.05) is 6.92 Å². The molecule has 1 unspecified atom stereocenters. The van der Waals surface area contributed by atoms with Gasteiger partial charge in [0.05, 0.1) is 11.9 Å². The lowest BCUT2D eigenvalue weighted by atomic mass is 10.2. The van der Waals surface area contributed by atoms with Gasteiger partial charge in [-0.1, -0.05) is 0 Å². The third kappa shape index (κ3) is 2.34. The van der Waals surface area contributed by atoms with Gasteiger partial charge in [-0.2, -0.15) is 0 Å². The Morgan fingerprint density at radius 3 is 3.00 bits per heavy atom. The van der Waals surface area contributed by atoms with Crippen molar-refractivity contribution in [3.8, 4) is 0 Å². The van der Waals surface area contributed by atoms with Crippen LogP contribution in [0.25, 0.3) is 0 Å². The van der Waals surface area contributed by atoms with Gasteiger partial charge in [0.1, 0.15) is 18.2 Å². The van der Waals surface area contributed by atoms with Crippen molar-refractivity contribution in [3.63, 3.8) is 0 Å². The molecule has 7 nitrogen and oxygen atoms in total. The molecular formula is C10H13N5O2. The van der Waals surface area contributed by atoms with E-state index in [1.165, 1.54) is 0 Å². The van der Waals surface area contributed by atoms with Gasteiger partial charge in [0, 0.05) is 18.8 Å². The van der Waals surface area contributed by atoms with Crippen LogP contribution in [0.5, 0.6) is 0 Å². The van der Waals surface area contributed by atoms with Crippen LogP contribution in [0.15, 0.2) is 24.9 Å². The highest BCUT2D eigenvalue weighted by Crippen LogP contribution is 2.05. The summed E-state index contributed by atoms with van der Waals surface area (Å²) in [4.78, 5) is 18.8. The summed E-state index contributed by atoms with van der Waals surface area (Å²) >= 11 is 0. The topological polar surface area (TPSA) is 99.0 Å². The molecule has 0 spiro atoms. The van der Waals surface area contributed by atoms with Crippen LogP contribution in [0.3, 0.4) is 0 Å². The molecule has 0 amide bonds. The normalized spacial score (nSPS) is 12.6. The van der Waals surface area contributed by atoms with Crippen LogP contribution in [0.4, 0.5) is 0 Å². The van der Waals surface area contributed by atoms with E-state index in [9.17, 15) is 4.79 Å². The van der Waals surface area contributed by atoms with Crippen molar-refractivity contribution in [2.75, 3.05) is 0 Å². The highest BCUT2D eigenvalue weighted by molar-refractivity contribution is 5.73. The van der Waals surface area contributed by atoms with Crippen LogP contribution in [0, 0.1) is 6.92 Å². The molecule has 0 fully saturated rings. The quantitative estimate of drug-likeness (QED) is 0.754. The maximum atomic E-state index is 10.6. The molecule has 7 heteroatoms. The number of rotatable bonds is 4. The van der Waals surface area contributed by atoms with E-state index in [0.29, 0.717) is 5.69 Å². The van der Waals surface area contributed by atoms with Gasteiger partial charge in [0.15, 0.2) is 0 Å². The minimum absolute atomic E-state index is 0.206. The van der Waals surface area contributed by atoms with Crippen LogP contribution in [0.1, 0.15) is 11.5 Å². The molecule has 0 saturated heterocycles. The Labute approximate surface area is 97.5 Å². The predicted octanol–water partition coefficient (Wildman–Crippen LogP) is -0.346. The van der Waals surface area contributed by atoms with Gasteiger partial charge in [-0.25, -0.2) is 19.3 Å². The smallest absolute Gasteiger partial charge is 0.320 e. The number of aromatic nitrogens is 4. The average Bonchev–Trinajstić information content (AvgIpc) is 2.87. The molecular weight excluding hydrogens is 222 g/mol. The molecule has 90 valence electrons. The van der Waals surface area contributed by atoms with E-state index in [4.69, 9.17) is 10.8 Å². The molecule has 0 aliphatic heterocycles. The maximum absolute atomic E-state index is 10.6. The maximum Gasteiger partial charge on any atom is 0.320 e. The molecule has 0 aliphatic carbocycles. The molecule has 17 heavy (non-hydrogen) atoms. The number of aryl methyl sites for hydroxylation is 1. The highest BCUT2D eigenvalue weighted by Gasteiger charge is 2.15. The Morgan fingerprint density at radius 1 is 1.65 bits per heavy atom. The summed E-state index contributed by atoms with van der Waals surface area (Å²) in [6, 6.07) is -0.930. The van der Waals surface area contributed by atoms with Crippen molar-refractivity contribution >= 4 is 5.97 Å². The summed E-state index contributed by atoms with van der Waals surface area (Å²) in [5, 5.41) is 8.73. The van der Waals surface area contributed by atoms with Gasteiger partial charge in [0.25, 0.3) is 0 Å². The lowest BCUT2D eigenvalue weighted by Gasteiger charge is -2.04. The first-order valence-corrected chi connectivity index (χ1v) is 5.10. The molecule has 0 aromatic carbocycles. The summed E-state index contributed by atoms with van der Waals surface area (Å²) in [7, 11) is 0. The number of imidazole rings is 2. The molecule has 0 saturated carbocycles. The van der Waals surface area contributed by atoms with E-state index in [-0.39, 0.29) is 6.42 Å². The van der Waals surface area contributed by atoms with Crippen LogP contribution in [-0.4, -0.2) is 36.4 Å². The number of carboxylic acid groups (broad SMARTS) is 1. The number of carboxylic acids is 1. The van der Waals surface area contributed by atoms with Crippen molar-refractivity contribution in [2.24, 2.45) is 5.73 Å². The highest BCUT2D eigenvalue weighted by atomic mass is 16.4. The first kappa shape index (κ1) is 11.3.